The highest BCUT2D eigenvalue weighted by Gasteiger charge is 2.15. The predicted molar refractivity (Wildman–Crippen MR) is 35.8 cm³/mol. The number of hydrogen-bond acceptors (Lipinski definition) is 1. The van der Waals surface area contributed by atoms with Crippen LogP contribution in [0.3, 0.4) is 0 Å². The molecule has 0 radical (unpaired) electrons. The van der Waals surface area contributed by atoms with Gasteiger partial charge in [-0.25, -0.2) is 8.78 Å². The molecule has 1 rings (SSSR count). The third-order valence-electron chi connectivity index (χ3n) is 1.45. The third-order valence-corrected chi connectivity index (χ3v) is 1.45. The van der Waals surface area contributed by atoms with Gasteiger partial charge >= 0.3 is 0 Å². The van der Waals surface area contributed by atoms with Gasteiger partial charge in [-0.05, 0) is 11.6 Å². The quantitative estimate of drug-likeness (QED) is 0.594. The van der Waals surface area contributed by atoms with Crippen LogP contribution in [0.5, 0.6) is 0 Å². The van der Waals surface area contributed by atoms with Gasteiger partial charge < -0.3 is 5.73 Å². The molecule has 3 heteroatoms. The summed E-state index contributed by atoms with van der Waals surface area (Å²) in [6.07, 6.45) is 1.45. The lowest BCUT2D eigenvalue weighted by molar-refractivity contribution is 0.324. The minimum atomic E-state index is -1.45. The van der Waals surface area contributed by atoms with Gasteiger partial charge in [0.1, 0.15) is 5.83 Å². The predicted octanol–water partition coefficient (Wildman–Crippen LogP) is 1.47. The van der Waals surface area contributed by atoms with E-state index in [0.717, 1.165) is 6.08 Å². The van der Waals surface area contributed by atoms with Gasteiger partial charge in [0, 0.05) is 13.0 Å². The lowest BCUT2D eigenvalue weighted by atomic mass is 10.1. The van der Waals surface area contributed by atoms with Crippen LogP contribution in [-0.4, -0.2) is 12.7 Å². The molecule has 0 aromatic rings. The molecule has 0 amide bonds. The van der Waals surface area contributed by atoms with Gasteiger partial charge in [0.2, 0.25) is 0 Å². The summed E-state index contributed by atoms with van der Waals surface area (Å²) < 4.78 is 24.8. The molecule has 1 atom stereocenters. The van der Waals surface area contributed by atoms with Crippen LogP contribution in [0.1, 0.15) is 6.42 Å². The molecular formula is C7H9F2N. The van der Waals surface area contributed by atoms with E-state index in [2.05, 4.69) is 0 Å². The zero-order chi connectivity index (χ0) is 7.56. The van der Waals surface area contributed by atoms with E-state index in [1.807, 2.05) is 0 Å². The van der Waals surface area contributed by atoms with Crippen LogP contribution in [0.25, 0.3) is 0 Å². The Labute approximate surface area is 58.2 Å². The SMILES string of the molecule is NCC1=CCC(F)C(F)=C1. The zero-order valence-corrected chi connectivity index (χ0v) is 5.48. The number of allylic oxidation sites excluding steroid dienone is 2. The Hall–Kier alpha value is -0.700. The van der Waals surface area contributed by atoms with Crippen molar-refractivity contribution >= 4 is 0 Å². The molecule has 0 bridgehead atoms. The molecule has 0 saturated carbocycles. The first-order valence-corrected chi connectivity index (χ1v) is 3.14. The molecule has 0 aromatic heterocycles. The molecule has 1 unspecified atom stereocenters. The average Bonchev–Trinajstić information content (AvgIpc) is 1.95. The van der Waals surface area contributed by atoms with Gasteiger partial charge in [0.15, 0.2) is 6.17 Å². The summed E-state index contributed by atoms with van der Waals surface area (Å²) in [7, 11) is 0. The van der Waals surface area contributed by atoms with Crippen molar-refractivity contribution in [3.05, 3.63) is 23.6 Å². The number of hydrogen-bond donors (Lipinski definition) is 1. The fourth-order valence-electron chi connectivity index (χ4n) is 0.836. The number of alkyl halides is 1. The Morgan fingerprint density at radius 2 is 2.40 bits per heavy atom. The summed E-state index contributed by atoms with van der Waals surface area (Å²) in [6.45, 7) is 0.278. The van der Waals surface area contributed by atoms with E-state index < -0.39 is 12.0 Å². The van der Waals surface area contributed by atoms with Crippen molar-refractivity contribution in [3.8, 4) is 0 Å². The van der Waals surface area contributed by atoms with Crippen molar-refractivity contribution in [3.63, 3.8) is 0 Å². The molecule has 1 aliphatic rings. The average molecular weight is 145 g/mol. The van der Waals surface area contributed by atoms with Crippen molar-refractivity contribution in [2.75, 3.05) is 6.54 Å². The van der Waals surface area contributed by atoms with Crippen molar-refractivity contribution < 1.29 is 8.78 Å². The van der Waals surface area contributed by atoms with E-state index in [1.165, 1.54) is 0 Å². The monoisotopic (exact) mass is 145 g/mol. The molecule has 0 saturated heterocycles. The Balaban J connectivity index is 2.69. The fourth-order valence-corrected chi connectivity index (χ4v) is 0.836. The van der Waals surface area contributed by atoms with E-state index in [-0.39, 0.29) is 13.0 Å². The highest BCUT2D eigenvalue weighted by molar-refractivity contribution is 5.28. The zero-order valence-electron chi connectivity index (χ0n) is 5.48. The van der Waals surface area contributed by atoms with Gasteiger partial charge in [0.05, 0.1) is 0 Å². The molecular weight excluding hydrogens is 136 g/mol. The second kappa shape index (κ2) is 2.92. The molecule has 2 N–H and O–H groups in total. The Morgan fingerprint density at radius 1 is 1.70 bits per heavy atom. The van der Waals surface area contributed by atoms with Gasteiger partial charge in [0.25, 0.3) is 0 Å². The van der Waals surface area contributed by atoms with Gasteiger partial charge in [-0.3, -0.25) is 0 Å². The molecule has 1 aliphatic carbocycles. The second-order valence-electron chi connectivity index (χ2n) is 2.22. The summed E-state index contributed by atoms with van der Waals surface area (Å²) in [6, 6.07) is 0. The van der Waals surface area contributed by atoms with Crippen LogP contribution in [0.2, 0.25) is 0 Å². The first-order valence-electron chi connectivity index (χ1n) is 3.14. The second-order valence-corrected chi connectivity index (χ2v) is 2.22. The van der Waals surface area contributed by atoms with Crippen molar-refractivity contribution in [1.29, 1.82) is 0 Å². The first-order chi connectivity index (χ1) is 4.74. The maximum Gasteiger partial charge on any atom is 0.155 e. The number of rotatable bonds is 1. The topological polar surface area (TPSA) is 26.0 Å². The fraction of sp³-hybridized carbons (Fsp3) is 0.429. The molecule has 56 valence electrons. The minimum absolute atomic E-state index is 0.120. The Morgan fingerprint density at radius 3 is 2.90 bits per heavy atom. The van der Waals surface area contributed by atoms with E-state index in [9.17, 15) is 8.78 Å². The molecule has 1 nitrogen and oxygen atoms in total. The molecule has 0 aromatic carbocycles. The van der Waals surface area contributed by atoms with Crippen LogP contribution in [0.15, 0.2) is 23.6 Å². The molecule has 0 fully saturated rings. The lowest BCUT2D eigenvalue weighted by Gasteiger charge is -2.09. The van der Waals surface area contributed by atoms with Gasteiger partial charge in [-0.2, -0.15) is 0 Å². The summed E-state index contributed by atoms with van der Waals surface area (Å²) in [5.41, 5.74) is 5.88. The van der Waals surface area contributed by atoms with Crippen molar-refractivity contribution in [2.24, 2.45) is 5.73 Å². The van der Waals surface area contributed by atoms with Crippen LogP contribution < -0.4 is 5.73 Å². The van der Waals surface area contributed by atoms with Crippen molar-refractivity contribution in [2.45, 2.75) is 12.6 Å². The first kappa shape index (κ1) is 7.41. The van der Waals surface area contributed by atoms with Gasteiger partial charge in [-0.1, -0.05) is 6.08 Å². The molecule has 0 heterocycles. The van der Waals surface area contributed by atoms with Gasteiger partial charge in [-0.15, -0.1) is 0 Å². The summed E-state index contributed by atoms with van der Waals surface area (Å²) in [5, 5.41) is 0. The Kier molecular flexibility index (Phi) is 2.17. The molecule has 0 spiro atoms. The van der Waals surface area contributed by atoms with Crippen molar-refractivity contribution in [1.82, 2.24) is 0 Å². The molecule has 10 heavy (non-hydrogen) atoms. The standard InChI is InChI=1S/C7H9F2N/c8-6-2-1-5(4-10)3-7(6)9/h1,3,6H,2,4,10H2. The van der Waals surface area contributed by atoms with Crippen LogP contribution in [0, 0.1) is 0 Å². The Bertz CT molecular complexity index is 184. The smallest absolute Gasteiger partial charge is 0.155 e. The highest BCUT2D eigenvalue weighted by atomic mass is 19.2. The maximum absolute atomic E-state index is 12.4. The third kappa shape index (κ3) is 1.42. The van der Waals surface area contributed by atoms with Crippen LogP contribution >= 0.6 is 0 Å². The summed E-state index contributed by atoms with van der Waals surface area (Å²) >= 11 is 0. The summed E-state index contributed by atoms with van der Waals surface area (Å²) in [5.74, 6) is -0.706. The highest BCUT2D eigenvalue weighted by Crippen LogP contribution is 2.20. The van der Waals surface area contributed by atoms with E-state index >= 15 is 0 Å². The molecule has 0 aliphatic heterocycles. The maximum atomic E-state index is 12.4. The summed E-state index contributed by atoms with van der Waals surface area (Å²) in [4.78, 5) is 0. The van der Waals surface area contributed by atoms with Crippen LogP contribution in [-0.2, 0) is 0 Å². The lowest BCUT2D eigenvalue weighted by Crippen LogP contribution is -2.09. The number of halogens is 2. The van der Waals surface area contributed by atoms with E-state index in [0.29, 0.717) is 5.57 Å². The largest absolute Gasteiger partial charge is 0.327 e. The normalized spacial score (nSPS) is 25.7. The minimum Gasteiger partial charge on any atom is -0.327 e. The van der Waals surface area contributed by atoms with E-state index in [4.69, 9.17) is 5.73 Å². The van der Waals surface area contributed by atoms with E-state index in [1.54, 1.807) is 6.08 Å². The number of nitrogens with two attached hydrogens (primary N) is 1. The van der Waals surface area contributed by atoms with Crippen LogP contribution in [0.4, 0.5) is 8.78 Å².